The number of nitrogens with one attached hydrogen (secondary N) is 2. The lowest BCUT2D eigenvalue weighted by Gasteiger charge is -2.34. The van der Waals surface area contributed by atoms with E-state index in [0.29, 0.717) is 17.0 Å². The standard InChI is InChI=1S/C27H26FN5O/c1-16(34)29-26-18-7-4-3-6-17(18)25-19(26)8-5-9-20(25)27-30-22-14-21(28)24(15-23(22)31-27)33-12-10-32(2)11-13-33/h3-9,14-15,26H,10-13H2,1-2H3,(H,29,34)(H,30,31)/t26-/m1/s1. The van der Waals surface area contributed by atoms with Gasteiger partial charge in [0.15, 0.2) is 0 Å². The summed E-state index contributed by atoms with van der Waals surface area (Å²) in [6.45, 7) is 4.95. The van der Waals surface area contributed by atoms with Crippen LogP contribution in [0.1, 0.15) is 24.1 Å². The molecule has 1 aromatic heterocycles. The molecule has 1 amide bonds. The molecule has 0 saturated carbocycles. The van der Waals surface area contributed by atoms with Gasteiger partial charge in [0, 0.05) is 44.7 Å². The molecule has 0 spiro atoms. The summed E-state index contributed by atoms with van der Waals surface area (Å²) in [6, 6.07) is 17.4. The van der Waals surface area contributed by atoms with Crippen LogP contribution in [0.25, 0.3) is 33.5 Å². The van der Waals surface area contributed by atoms with E-state index in [2.05, 4.69) is 39.3 Å². The van der Waals surface area contributed by atoms with E-state index in [1.165, 1.54) is 6.92 Å². The summed E-state index contributed by atoms with van der Waals surface area (Å²) >= 11 is 0. The molecule has 1 fully saturated rings. The number of piperazine rings is 1. The predicted octanol–water partition coefficient (Wildman–Crippen LogP) is 4.33. The fraction of sp³-hybridized carbons (Fsp3) is 0.259. The largest absolute Gasteiger partial charge is 0.367 e. The molecule has 6 nitrogen and oxygen atoms in total. The monoisotopic (exact) mass is 455 g/mol. The van der Waals surface area contributed by atoms with E-state index in [9.17, 15) is 4.79 Å². The number of nitrogens with zero attached hydrogens (tertiary/aromatic N) is 3. The number of hydrogen-bond acceptors (Lipinski definition) is 4. The Morgan fingerprint density at radius 3 is 2.56 bits per heavy atom. The molecule has 0 bridgehead atoms. The van der Waals surface area contributed by atoms with Crippen LogP contribution in [0.15, 0.2) is 54.6 Å². The van der Waals surface area contributed by atoms with Crippen molar-refractivity contribution in [3.05, 3.63) is 71.5 Å². The fourth-order valence-corrected chi connectivity index (χ4v) is 5.25. The maximum atomic E-state index is 15.1. The van der Waals surface area contributed by atoms with Gasteiger partial charge in [0.2, 0.25) is 5.91 Å². The number of benzene rings is 3. The third-order valence-corrected chi connectivity index (χ3v) is 6.95. The number of H-pyrrole nitrogens is 1. The summed E-state index contributed by atoms with van der Waals surface area (Å²) in [4.78, 5) is 24.5. The molecule has 2 heterocycles. The number of carbonyl (C=O) groups is 1. The molecule has 1 saturated heterocycles. The number of fused-ring (bicyclic) bond motifs is 4. The Morgan fingerprint density at radius 2 is 1.76 bits per heavy atom. The summed E-state index contributed by atoms with van der Waals surface area (Å²) < 4.78 is 15.1. The first-order valence-electron chi connectivity index (χ1n) is 11.6. The topological polar surface area (TPSA) is 64.3 Å². The minimum Gasteiger partial charge on any atom is -0.367 e. The first kappa shape index (κ1) is 20.9. The molecule has 34 heavy (non-hydrogen) atoms. The number of imidazole rings is 1. The van der Waals surface area contributed by atoms with Crippen LogP contribution >= 0.6 is 0 Å². The Labute approximate surface area is 197 Å². The Bertz CT molecular complexity index is 1420. The highest BCUT2D eigenvalue weighted by atomic mass is 19.1. The van der Waals surface area contributed by atoms with Crippen molar-refractivity contribution in [2.75, 3.05) is 38.1 Å². The van der Waals surface area contributed by atoms with Crippen molar-refractivity contribution in [1.82, 2.24) is 20.2 Å². The number of carbonyl (C=O) groups excluding carboxylic acids is 1. The maximum Gasteiger partial charge on any atom is 0.217 e. The first-order chi connectivity index (χ1) is 16.5. The maximum absolute atomic E-state index is 15.1. The molecular weight excluding hydrogens is 429 g/mol. The number of amides is 1. The van der Waals surface area contributed by atoms with Gasteiger partial charge in [-0.05, 0) is 35.4 Å². The quantitative estimate of drug-likeness (QED) is 0.483. The Kier molecular flexibility index (Phi) is 4.88. The van der Waals surface area contributed by atoms with E-state index in [4.69, 9.17) is 4.98 Å². The Hall–Kier alpha value is -3.71. The molecular formula is C27H26FN5O. The van der Waals surface area contributed by atoms with Gasteiger partial charge in [-0.25, -0.2) is 9.37 Å². The summed E-state index contributed by atoms with van der Waals surface area (Å²) in [5.41, 5.74) is 7.20. The van der Waals surface area contributed by atoms with Gasteiger partial charge in [0.1, 0.15) is 11.6 Å². The highest BCUT2D eigenvalue weighted by Gasteiger charge is 2.31. The van der Waals surface area contributed by atoms with Gasteiger partial charge in [0.25, 0.3) is 0 Å². The van der Waals surface area contributed by atoms with Crippen LogP contribution in [-0.4, -0.2) is 54.0 Å². The third-order valence-electron chi connectivity index (χ3n) is 6.95. The molecule has 1 atom stereocenters. The van der Waals surface area contributed by atoms with E-state index in [1.807, 2.05) is 36.4 Å². The number of rotatable bonds is 3. The second kappa shape index (κ2) is 7.95. The normalized spacial score (nSPS) is 17.6. The fourth-order valence-electron chi connectivity index (χ4n) is 5.25. The molecule has 4 aromatic rings. The smallest absolute Gasteiger partial charge is 0.217 e. The minimum absolute atomic E-state index is 0.0753. The first-order valence-corrected chi connectivity index (χ1v) is 11.6. The van der Waals surface area contributed by atoms with Gasteiger partial charge in [0.05, 0.1) is 22.8 Å². The van der Waals surface area contributed by atoms with Crippen molar-refractivity contribution in [3.63, 3.8) is 0 Å². The van der Waals surface area contributed by atoms with Crippen LogP contribution in [0.2, 0.25) is 0 Å². The minimum atomic E-state index is -0.235. The summed E-state index contributed by atoms with van der Waals surface area (Å²) in [5.74, 6) is 0.385. The molecule has 6 rings (SSSR count). The highest BCUT2D eigenvalue weighted by molar-refractivity contribution is 5.93. The summed E-state index contributed by atoms with van der Waals surface area (Å²) in [7, 11) is 2.09. The van der Waals surface area contributed by atoms with Crippen molar-refractivity contribution in [3.8, 4) is 22.5 Å². The Morgan fingerprint density at radius 1 is 1.03 bits per heavy atom. The molecule has 0 radical (unpaired) electrons. The zero-order valence-electron chi connectivity index (χ0n) is 19.2. The lowest BCUT2D eigenvalue weighted by atomic mass is 9.99. The van der Waals surface area contributed by atoms with Crippen LogP contribution in [0, 0.1) is 5.82 Å². The lowest BCUT2D eigenvalue weighted by Crippen LogP contribution is -2.44. The summed E-state index contributed by atoms with van der Waals surface area (Å²) in [5, 5.41) is 3.09. The molecule has 0 unspecified atom stereocenters. The van der Waals surface area contributed by atoms with Gasteiger partial charge in [-0.15, -0.1) is 0 Å². The van der Waals surface area contributed by atoms with Gasteiger partial charge in [-0.1, -0.05) is 42.5 Å². The van der Waals surface area contributed by atoms with Crippen molar-refractivity contribution in [2.24, 2.45) is 0 Å². The number of aromatic amines is 1. The number of anilines is 1. The van der Waals surface area contributed by atoms with E-state index in [0.717, 1.165) is 59.5 Å². The molecule has 172 valence electrons. The van der Waals surface area contributed by atoms with E-state index < -0.39 is 0 Å². The van der Waals surface area contributed by atoms with E-state index >= 15 is 4.39 Å². The molecule has 2 N–H and O–H groups in total. The van der Waals surface area contributed by atoms with Crippen molar-refractivity contribution in [2.45, 2.75) is 13.0 Å². The number of aromatic nitrogens is 2. The van der Waals surface area contributed by atoms with Crippen LogP contribution < -0.4 is 10.2 Å². The molecule has 3 aromatic carbocycles. The number of halogens is 1. The van der Waals surface area contributed by atoms with Gasteiger partial charge in [-0.2, -0.15) is 0 Å². The summed E-state index contributed by atoms with van der Waals surface area (Å²) in [6.07, 6.45) is 0. The zero-order valence-corrected chi connectivity index (χ0v) is 19.2. The van der Waals surface area contributed by atoms with Crippen LogP contribution in [0.3, 0.4) is 0 Å². The second-order valence-electron chi connectivity index (χ2n) is 9.19. The van der Waals surface area contributed by atoms with Crippen molar-refractivity contribution in [1.29, 1.82) is 0 Å². The van der Waals surface area contributed by atoms with Gasteiger partial charge < -0.3 is 20.1 Å². The van der Waals surface area contributed by atoms with Crippen LogP contribution in [0.4, 0.5) is 10.1 Å². The van der Waals surface area contributed by atoms with E-state index in [-0.39, 0.29) is 17.8 Å². The van der Waals surface area contributed by atoms with Gasteiger partial charge in [-0.3, -0.25) is 4.79 Å². The zero-order chi connectivity index (χ0) is 23.4. The van der Waals surface area contributed by atoms with Crippen molar-refractivity contribution < 1.29 is 9.18 Å². The highest BCUT2D eigenvalue weighted by Crippen LogP contribution is 2.47. The van der Waals surface area contributed by atoms with Crippen molar-refractivity contribution >= 4 is 22.6 Å². The average Bonchev–Trinajstić information content (AvgIpc) is 3.38. The molecule has 2 aliphatic rings. The van der Waals surface area contributed by atoms with Crippen LogP contribution in [-0.2, 0) is 4.79 Å². The predicted molar refractivity (Wildman–Crippen MR) is 132 cm³/mol. The van der Waals surface area contributed by atoms with E-state index in [1.54, 1.807) is 6.07 Å². The lowest BCUT2D eigenvalue weighted by molar-refractivity contribution is -0.119. The number of hydrogen-bond donors (Lipinski definition) is 2. The Balaban J connectivity index is 1.46. The second-order valence-corrected chi connectivity index (χ2v) is 9.19. The molecule has 1 aliphatic carbocycles. The molecule has 1 aliphatic heterocycles. The third kappa shape index (κ3) is 3.35. The molecule has 7 heteroatoms. The number of likely N-dealkylation sites (N-methyl/N-ethyl adjacent to an activating group) is 1. The SMILES string of the molecule is CC(=O)N[C@@H]1c2ccccc2-c2c(-c3nc4cc(N5CCN(C)CC5)c(F)cc4[nH]3)cccc21. The van der Waals surface area contributed by atoms with Gasteiger partial charge >= 0.3 is 0 Å². The average molecular weight is 456 g/mol. The van der Waals surface area contributed by atoms with Crippen LogP contribution in [0.5, 0.6) is 0 Å².